The van der Waals surface area contributed by atoms with Gasteiger partial charge in [0.05, 0.1) is 18.4 Å². The van der Waals surface area contributed by atoms with Crippen molar-refractivity contribution in [3.63, 3.8) is 0 Å². The second kappa shape index (κ2) is 30.3. The first kappa shape index (κ1) is 47.3. The Labute approximate surface area is 326 Å². The fraction of sp³-hybridized carbons (Fsp3) is 0.891. The third kappa shape index (κ3) is 21.1. The van der Waals surface area contributed by atoms with Crippen LogP contribution in [0.25, 0.3) is 0 Å². The molecule has 0 aromatic heterocycles. The Hall–Kier alpha value is -1.89. The number of hydrogen-bond acceptors (Lipinski definition) is 7. The van der Waals surface area contributed by atoms with E-state index < -0.39 is 0 Å². The van der Waals surface area contributed by atoms with Crippen LogP contribution in [0.4, 0.5) is 0 Å². The van der Waals surface area contributed by atoms with Crippen molar-refractivity contribution in [2.45, 2.75) is 213 Å². The van der Waals surface area contributed by atoms with E-state index in [0.29, 0.717) is 12.8 Å². The number of hydrogen-bond donors (Lipinski definition) is 0. The van der Waals surface area contributed by atoms with Gasteiger partial charge in [-0.2, -0.15) is 0 Å². The highest BCUT2D eigenvalue weighted by Crippen LogP contribution is 2.40. The van der Waals surface area contributed by atoms with Gasteiger partial charge >= 0.3 is 17.9 Å². The molecule has 0 aromatic rings. The van der Waals surface area contributed by atoms with Crippen LogP contribution in [0.15, 0.2) is 12.2 Å². The maximum atomic E-state index is 13.7. The van der Waals surface area contributed by atoms with Gasteiger partial charge < -0.3 is 19.1 Å². The lowest BCUT2D eigenvalue weighted by Crippen LogP contribution is -2.36. The van der Waals surface area contributed by atoms with Gasteiger partial charge in [-0.25, -0.2) is 0 Å². The van der Waals surface area contributed by atoms with E-state index in [-0.39, 0.29) is 60.4 Å². The fourth-order valence-corrected chi connectivity index (χ4v) is 8.38. The maximum Gasteiger partial charge on any atom is 0.309 e. The van der Waals surface area contributed by atoms with E-state index in [1.165, 1.54) is 77.0 Å². The minimum absolute atomic E-state index is 0.0210. The van der Waals surface area contributed by atoms with E-state index in [4.69, 9.17) is 14.2 Å². The van der Waals surface area contributed by atoms with Crippen molar-refractivity contribution >= 4 is 17.9 Å². The molecule has 2 aliphatic rings. The van der Waals surface area contributed by atoms with Crippen molar-refractivity contribution in [3.8, 4) is 0 Å². The summed E-state index contributed by atoms with van der Waals surface area (Å²) in [4.78, 5) is 42.3. The smallest absolute Gasteiger partial charge is 0.309 e. The summed E-state index contributed by atoms with van der Waals surface area (Å²) in [5.41, 5.74) is 0. The van der Waals surface area contributed by atoms with Crippen LogP contribution >= 0.6 is 0 Å². The summed E-state index contributed by atoms with van der Waals surface area (Å²) in [6, 6.07) is 0. The Kier molecular flexibility index (Phi) is 27.1. The summed E-state index contributed by atoms with van der Waals surface area (Å²) in [7, 11) is 2.10. The summed E-state index contributed by atoms with van der Waals surface area (Å²) in [6.07, 6.45) is 31.8. The Balaban J connectivity index is 1.96. The van der Waals surface area contributed by atoms with E-state index in [1.54, 1.807) is 0 Å². The molecule has 0 N–H and O–H groups in total. The molecule has 5 atom stereocenters. The van der Waals surface area contributed by atoms with E-state index in [0.717, 1.165) is 96.6 Å². The van der Waals surface area contributed by atoms with Crippen LogP contribution < -0.4 is 0 Å². The molecule has 308 valence electrons. The van der Waals surface area contributed by atoms with Crippen molar-refractivity contribution in [1.29, 1.82) is 0 Å². The molecule has 1 saturated carbocycles. The molecule has 2 rings (SSSR count). The van der Waals surface area contributed by atoms with E-state index in [2.05, 4.69) is 51.8 Å². The van der Waals surface area contributed by atoms with Crippen LogP contribution in [0.2, 0.25) is 0 Å². The molecule has 53 heavy (non-hydrogen) atoms. The molecule has 1 saturated heterocycles. The van der Waals surface area contributed by atoms with Crippen LogP contribution in [0, 0.1) is 23.7 Å². The molecule has 2 fully saturated rings. The summed E-state index contributed by atoms with van der Waals surface area (Å²) < 4.78 is 18.3. The molecule has 0 spiro atoms. The summed E-state index contributed by atoms with van der Waals surface area (Å²) in [6.45, 7) is 11.0. The largest absolute Gasteiger partial charge is 0.466 e. The first-order valence-electron chi connectivity index (χ1n) is 22.7. The molecular formula is C46H83NO6. The van der Waals surface area contributed by atoms with Gasteiger partial charge in [0.25, 0.3) is 0 Å². The monoisotopic (exact) mass is 746 g/mol. The van der Waals surface area contributed by atoms with E-state index >= 15 is 0 Å². The van der Waals surface area contributed by atoms with Crippen LogP contribution in [-0.2, 0) is 28.6 Å². The first-order chi connectivity index (χ1) is 25.8. The molecule has 0 aromatic carbocycles. The molecule has 1 aliphatic heterocycles. The quantitative estimate of drug-likeness (QED) is 0.0302. The first-order valence-corrected chi connectivity index (χ1v) is 22.7. The van der Waals surface area contributed by atoms with Crippen LogP contribution in [0.5, 0.6) is 0 Å². The minimum atomic E-state index is -0.217. The number of carbonyl (C=O) groups is 3. The topological polar surface area (TPSA) is 82.1 Å². The maximum absolute atomic E-state index is 13.7. The third-order valence-electron chi connectivity index (χ3n) is 12.0. The van der Waals surface area contributed by atoms with Gasteiger partial charge in [-0.1, -0.05) is 136 Å². The number of carbonyl (C=O) groups excluding carboxylic acids is 3. The van der Waals surface area contributed by atoms with Crippen LogP contribution in [0.3, 0.4) is 0 Å². The van der Waals surface area contributed by atoms with E-state index in [1.807, 2.05) is 0 Å². The molecule has 1 heterocycles. The van der Waals surface area contributed by atoms with Crippen LogP contribution in [-0.4, -0.2) is 61.8 Å². The van der Waals surface area contributed by atoms with Crippen molar-refractivity contribution in [3.05, 3.63) is 12.2 Å². The molecule has 0 radical (unpaired) electrons. The average Bonchev–Trinajstić information content (AvgIpc) is 3.51. The van der Waals surface area contributed by atoms with Gasteiger partial charge in [0.15, 0.2) is 0 Å². The molecule has 5 unspecified atom stereocenters. The van der Waals surface area contributed by atoms with Gasteiger partial charge in [0.2, 0.25) is 0 Å². The Morgan fingerprint density at radius 3 is 1.85 bits per heavy atom. The van der Waals surface area contributed by atoms with Gasteiger partial charge in [-0.05, 0) is 90.3 Å². The molecule has 0 bridgehead atoms. The lowest BCUT2D eigenvalue weighted by atomic mass is 9.88. The van der Waals surface area contributed by atoms with Crippen molar-refractivity contribution < 1.29 is 28.6 Å². The Morgan fingerprint density at radius 2 is 1.25 bits per heavy atom. The minimum Gasteiger partial charge on any atom is -0.466 e. The molecular weight excluding hydrogens is 663 g/mol. The molecule has 7 nitrogen and oxygen atoms in total. The normalized spacial score (nSPS) is 20.8. The van der Waals surface area contributed by atoms with E-state index in [9.17, 15) is 14.4 Å². The van der Waals surface area contributed by atoms with Gasteiger partial charge in [0.1, 0.15) is 12.2 Å². The predicted molar refractivity (Wildman–Crippen MR) is 219 cm³/mol. The van der Waals surface area contributed by atoms with Gasteiger partial charge in [0, 0.05) is 18.8 Å². The number of allylic oxidation sites excluding steroid dienone is 2. The number of rotatable bonds is 31. The number of piperidine rings is 1. The number of esters is 3. The third-order valence-corrected chi connectivity index (χ3v) is 12.0. The van der Waals surface area contributed by atoms with Crippen molar-refractivity contribution in [2.24, 2.45) is 23.7 Å². The summed E-state index contributed by atoms with van der Waals surface area (Å²) >= 11 is 0. The SMILES string of the molecule is CC/C=C\CC1C(CC(=O)OCCC(CCCCCCCC)OC(=O)C(CCCCCC)CCCCCCCC)CCC1OC(=O)C1CCN(C)CC1. The second-order valence-electron chi connectivity index (χ2n) is 16.6. The number of ether oxygens (including phenoxy) is 3. The highest BCUT2D eigenvalue weighted by molar-refractivity contribution is 5.73. The summed E-state index contributed by atoms with van der Waals surface area (Å²) in [5.74, 6) is -0.0794. The zero-order valence-electron chi connectivity index (χ0n) is 35.2. The average molecular weight is 746 g/mol. The zero-order chi connectivity index (χ0) is 38.5. The molecule has 0 amide bonds. The van der Waals surface area contributed by atoms with Crippen molar-refractivity contribution in [1.82, 2.24) is 4.90 Å². The lowest BCUT2D eigenvalue weighted by Gasteiger charge is -2.30. The highest BCUT2D eigenvalue weighted by atomic mass is 16.6. The summed E-state index contributed by atoms with van der Waals surface area (Å²) in [5, 5.41) is 0. The number of likely N-dealkylation sites (tertiary alicyclic amines) is 1. The zero-order valence-corrected chi connectivity index (χ0v) is 35.2. The van der Waals surface area contributed by atoms with Gasteiger partial charge in [-0.15, -0.1) is 0 Å². The van der Waals surface area contributed by atoms with Gasteiger partial charge in [-0.3, -0.25) is 14.4 Å². The number of unbranched alkanes of at least 4 members (excludes halogenated alkanes) is 13. The Bertz CT molecular complexity index is 975. The number of nitrogens with zero attached hydrogens (tertiary/aromatic N) is 1. The molecule has 1 aliphatic carbocycles. The van der Waals surface area contributed by atoms with Crippen molar-refractivity contribution in [2.75, 3.05) is 26.7 Å². The lowest BCUT2D eigenvalue weighted by molar-refractivity contribution is -0.158. The fourth-order valence-electron chi connectivity index (χ4n) is 8.38. The predicted octanol–water partition coefficient (Wildman–Crippen LogP) is 11.9. The van der Waals surface area contributed by atoms with Crippen LogP contribution in [0.1, 0.15) is 201 Å². The molecule has 7 heteroatoms. The highest BCUT2D eigenvalue weighted by Gasteiger charge is 2.40. The Morgan fingerprint density at radius 1 is 0.679 bits per heavy atom. The standard InChI is InChI=1S/C46H83NO6/c1-6-10-14-17-19-23-26-38(25-22-16-12-8-3)45(49)52-41(27-24-20-18-15-11-7-2)33-36-51-44(48)37-40-29-30-43(42(40)28-21-13-9-4)53-46(50)39-31-34-47(5)35-32-39/h13,21,38-43H,6-12,14-20,22-37H2,1-5H3/b21-13-. The second-order valence-corrected chi connectivity index (χ2v) is 16.6.